The van der Waals surface area contributed by atoms with Crippen molar-refractivity contribution in [3.8, 4) is 0 Å². The third-order valence-corrected chi connectivity index (χ3v) is 5.72. The second kappa shape index (κ2) is 16.1. The molecular weight excluding hydrogens is 450 g/mol. The zero-order chi connectivity index (χ0) is 25.6. The van der Waals surface area contributed by atoms with Crippen molar-refractivity contribution >= 4 is 41.4 Å². The molecule has 0 aromatic heterocycles. The van der Waals surface area contributed by atoms with Crippen LogP contribution in [-0.2, 0) is 19.2 Å². The topological polar surface area (TPSA) is 215 Å². The van der Waals surface area contributed by atoms with Gasteiger partial charge in [0.15, 0.2) is 5.96 Å². The van der Waals surface area contributed by atoms with Crippen molar-refractivity contribution in [2.24, 2.45) is 28.1 Å². The summed E-state index contributed by atoms with van der Waals surface area (Å²) in [6.45, 7) is 5.32. The summed E-state index contributed by atoms with van der Waals surface area (Å²) in [5.41, 5.74) is 16.3. The number of nitrogens with one attached hydrogen (secondary N) is 3. The Balaban J connectivity index is 5.10. The van der Waals surface area contributed by atoms with Gasteiger partial charge < -0.3 is 38.3 Å². The van der Waals surface area contributed by atoms with Crippen LogP contribution in [0.1, 0.15) is 46.5 Å². The molecule has 0 aliphatic carbocycles. The number of hydrogen-bond donors (Lipinski definition) is 7. The Labute approximate surface area is 199 Å². The minimum atomic E-state index is -1.21. The summed E-state index contributed by atoms with van der Waals surface area (Å²) in [6, 6.07) is -3.81. The number of amides is 3. The number of carboxylic acids is 1. The predicted molar refractivity (Wildman–Crippen MR) is 129 cm³/mol. The van der Waals surface area contributed by atoms with E-state index in [4.69, 9.17) is 17.2 Å². The van der Waals surface area contributed by atoms with Crippen molar-refractivity contribution in [2.45, 2.75) is 70.6 Å². The van der Waals surface area contributed by atoms with Crippen LogP contribution in [0.4, 0.5) is 0 Å². The van der Waals surface area contributed by atoms with Crippen LogP contribution >= 0.6 is 11.8 Å². The second-order valence-electron chi connectivity index (χ2n) is 7.84. The summed E-state index contributed by atoms with van der Waals surface area (Å²) in [4.78, 5) is 53.0. The number of nitrogens with two attached hydrogens (primary N) is 3. The van der Waals surface area contributed by atoms with E-state index in [2.05, 4.69) is 20.9 Å². The van der Waals surface area contributed by atoms with Gasteiger partial charge in [0.05, 0.1) is 6.04 Å². The van der Waals surface area contributed by atoms with Crippen molar-refractivity contribution in [1.29, 1.82) is 0 Å². The molecule has 0 fully saturated rings. The largest absolute Gasteiger partial charge is 0.480 e. The average Bonchev–Trinajstić information content (AvgIpc) is 2.76. The lowest BCUT2D eigenvalue weighted by atomic mass is 9.97. The normalized spacial score (nSPS) is 15.3. The number of thioether (sulfide) groups is 1. The molecule has 0 saturated carbocycles. The van der Waals surface area contributed by atoms with Crippen LogP contribution in [0.15, 0.2) is 4.99 Å². The molecule has 5 unspecified atom stereocenters. The smallest absolute Gasteiger partial charge is 0.326 e. The van der Waals surface area contributed by atoms with Gasteiger partial charge in [-0.1, -0.05) is 20.3 Å². The maximum Gasteiger partial charge on any atom is 0.326 e. The molecule has 0 aliphatic heterocycles. The summed E-state index contributed by atoms with van der Waals surface area (Å²) < 4.78 is 0. The van der Waals surface area contributed by atoms with E-state index in [1.165, 1.54) is 6.92 Å². The summed E-state index contributed by atoms with van der Waals surface area (Å²) in [6.07, 6.45) is 3.38. The van der Waals surface area contributed by atoms with Gasteiger partial charge in [0.25, 0.3) is 0 Å². The van der Waals surface area contributed by atoms with E-state index < -0.39 is 47.9 Å². The number of aliphatic carboxylic acids is 1. The van der Waals surface area contributed by atoms with E-state index in [-0.39, 0.29) is 24.8 Å². The van der Waals surface area contributed by atoms with E-state index in [9.17, 15) is 24.3 Å². The zero-order valence-electron chi connectivity index (χ0n) is 19.8. The van der Waals surface area contributed by atoms with Gasteiger partial charge in [0.1, 0.15) is 18.1 Å². The maximum atomic E-state index is 12.8. The highest BCUT2D eigenvalue weighted by molar-refractivity contribution is 7.98. The number of nitrogens with zero attached hydrogens (tertiary/aromatic N) is 1. The molecule has 190 valence electrons. The van der Waals surface area contributed by atoms with Gasteiger partial charge in [-0.3, -0.25) is 19.4 Å². The van der Waals surface area contributed by atoms with Gasteiger partial charge in [-0.25, -0.2) is 4.79 Å². The molecule has 12 nitrogen and oxygen atoms in total. The van der Waals surface area contributed by atoms with Crippen LogP contribution < -0.4 is 33.2 Å². The first-order valence-electron chi connectivity index (χ1n) is 10.9. The lowest BCUT2D eigenvalue weighted by Crippen LogP contribution is -2.58. The third-order valence-electron chi connectivity index (χ3n) is 5.07. The molecule has 0 saturated heterocycles. The molecule has 0 spiro atoms. The van der Waals surface area contributed by atoms with E-state index in [1.54, 1.807) is 18.7 Å². The van der Waals surface area contributed by atoms with Crippen molar-refractivity contribution < 1.29 is 24.3 Å². The summed E-state index contributed by atoms with van der Waals surface area (Å²) >= 11 is 1.56. The molecule has 3 amide bonds. The Bertz CT molecular complexity index is 688. The van der Waals surface area contributed by atoms with Crippen LogP contribution in [0.5, 0.6) is 0 Å². The molecule has 10 N–H and O–H groups in total. The molecule has 0 aliphatic rings. The summed E-state index contributed by atoms with van der Waals surface area (Å²) in [5, 5.41) is 17.1. The fourth-order valence-electron chi connectivity index (χ4n) is 2.76. The van der Waals surface area contributed by atoms with Crippen molar-refractivity contribution in [3.05, 3.63) is 0 Å². The van der Waals surface area contributed by atoms with Crippen LogP contribution in [0, 0.1) is 5.92 Å². The molecule has 5 atom stereocenters. The zero-order valence-corrected chi connectivity index (χ0v) is 20.6. The number of guanidine groups is 1. The lowest BCUT2D eigenvalue weighted by molar-refractivity contribution is -0.142. The minimum absolute atomic E-state index is 0.100. The van der Waals surface area contributed by atoms with Gasteiger partial charge in [-0.2, -0.15) is 11.8 Å². The Morgan fingerprint density at radius 1 is 1.00 bits per heavy atom. The van der Waals surface area contributed by atoms with Gasteiger partial charge in [0, 0.05) is 6.54 Å². The predicted octanol–water partition coefficient (Wildman–Crippen LogP) is -1.27. The second-order valence-corrected chi connectivity index (χ2v) is 8.82. The highest BCUT2D eigenvalue weighted by Gasteiger charge is 2.31. The molecule has 0 aromatic rings. The molecule has 0 bridgehead atoms. The van der Waals surface area contributed by atoms with Gasteiger partial charge >= 0.3 is 5.97 Å². The number of carbonyl (C=O) groups excluding carboxylic acids is 3. The first-order valence-corrected chi connectivity index (χ1v) is 12.3. The van der Waals surface area contributed by atoms with Crippen LogP contribution in [0.25, 0.3) is 0 Å². The third kappa shape index (κ3) is 12.3. The van der Waals surface area contributed by atoms with Crippen LogP contribution in [-0.4, -0.2) is 77.5 Å². The standard InChI is InChI=1S/C20H39N7O5S/c1-5-11(2)15(18(30)26-14(19(31)32)7-6-9-24-20(22)23)27-16(28)12(3)25-17(29)13(21)8-10-33-4/h11-15H,5-10,21H2,1-4H3,(H,25,29)(H,26,30)(H,27,28)(H,31,32)(H4,22,23,24). The Hall–Kier alpha value is -2.54. The average molecular weight is 490 g/mol. The molecular formula is C20H39N7O5S. The van der Waals surface area contributed by atoms with E-state index in [0.29, 0.717) is 25.0 Å². The minimum Gasteiger partial charge on any atom is -0.480 e. The highest BCUT2D eigenvalue weighted by Crippen LogP contribution is 2.10. The Morgan fingerprint density at radius 3 is 2.15 bits per heavy atom. The fourth-order valence-corrected chi connectivity index (χ4v) is 3.25. The first-order chi connectivity index (χ1) is 15.4. The van der Waals surface area contributed by atoms with E-state index in [0.717, 1.165) is 0 Å². The number of carbonyl (C=O) groups is 4. The molecule has 0 heterocycles. The molecule has 0 rings (SSSR count). The number of hydrogen-bond acceptors (Lipinski definition) is 7. The summed E-state index contributed by atoms with van der Waals surface area (Å²) in [7, 11) is 0. The van der Waals surface area contributed by atoms with E-state index >= 15 is 0 Å². The van der Waals surface area contributed by atoms with Crippen molar-refractivity contribution in [2.75, 3.05) is 18.6 Å². The number of aliphatic imine (C=N–C) groups is 1. The maximum absolute atomic E-state index is 12.8. The number of carboxylic acid groups (broad SMARTS) is 1. The quantitative estimate of drug-likeness (QED) is 0.0779. The highest BCUT2D eigenvalue weighted by atomic mass is 32.2. The van der Waals surface area contributed by atoms with Crippen molar-refractivity contribution in [1.82, 2.24) is 16.0 Å². The molecule has 0 radical (unpaired) electrons. The SMILES string of the molecule is CCC(C)C(NC(=O)C(C)NC(=O)C(N)CCSC)C(=O)NC(CCCN=C(N)N)C(=O)O. The van der Waals surface area contributed by atoms with Crippen molar-refractivity contribution in [3.63, 3.8) is 0 Å². The number of rotatable bonds is 16. The molecule has 33 heavy (non-hydrogen) atoms. The van der Waals surface area contributed by atoms with Crippen LogP contribution in [0.2, 0.25) is 0 Å². The fraction of sp³-hybridized carbons (Fsp3) is 0.750. The van der Waals surface area contributed by atoms with Gasteiger partial charge in [-0.05, 0) is 44.1 Å². The Kier molecular flexibility index (Phi) is 14.9. The monoisotopic (exact) mass is 489 g/mol. The first kappa shape index (κ1) is 30.5. The molecule has 0 aromatic carbocycles. The lowest BCUT2D eigenvalue weighted by Gasteiger charge is -2.27. The van der Waals surface area contributed by atoms with Crippen LogP contribution in [0.3, 0.4) is 0 Å². The van der Waals surface area contributed by atoms with E-state index in [1.807, 2.05) is 13.2 Å². The summed E-state index contributed by atoms with van der Waals surface area (Å²) in [5.74, 6) is -2.52. The Morgan fingerprint density at radius 2 is 1.64 bits per heavy atom. The van der Waals surface area contributed by atoms with Gasteiger partial charge in [0.2, 0.25) is 17.7 Å². The molecule has 13 heteroatoms. The van der Waals surface area contributed by atoms with Gasteiger partial charge in [-0.15, -0.1) is 0 Å².